The Hall–Kier alpha value is -4.36. The van der Waals surface area contributed by atoms with Crippen LogP contribution in [-0.2, 0) is 5.41 Å². The van der Waals surface area contributed by atoms with Crippen molar-refractivity contribution in [2.75, 3.05) is 4.90 Å². The van der Waals surface area contributed by atoms with Gasteiger partial charge in [-0.05, 0) is 92.3 Å². The molecule has 1 heteroatoms. The molecule has 172 valence electrons. The fraction of sp³-hybridized carbons (Fsp3) is 0.0857. The van der Waals surface area contributed by atoms with E-state index in [0.717, 1.165) is 17.1 Å². The van der Waals surface area contributed by atoms with E-state index in [0.29, 0.717) is 0 Å². The molecule has 0 atom stereocenters. The predicted octanol–water partition coefficient (Wildman–Crippen LogP) is 9.77. The summed E-state index contributed by atoms with van der Waals surface area (Å²) in [5.41, 5.74) is 9.02. The molecule has 0 aromatic heterocycles. The second kappa shape index (κ2) is 7.83. The van der Waals surface area contributed by atoms with Crippen molar-refractivity contribution in [1.82, 2.24) is 0 Å². The molecular weight excluding hydrogens is 434 g/mol. The maximum atomic E-state index is 2.45. The molecule has 36 heavy (non-hydrogen) atoms. The third-order valence-corrected chi connectivity index (χ3v) is 7.81. The van der Waals surface area contributed by atoms with Gasteiger partial charge in [0.15, 0.2) is 0 Å². The van der Waals surface area contributed by atoms with Crippen LogP contribution in [0.5, 0.6) is 0 Å². The van der Waals surface area contributed by atoms with E-state index in [-0.39, 0.29) is 5.41 Å². The number of anilines is 3. The molecule has 1 aliphatic rings. The van der Waals surface area contributed by atoms with Crippen LogP contribution in [0.15, 0.2) is 127 Å². The van der Waals surface area contributed by atoms with Gasteiger partial charge in [-0.3, -0.25) is 0 Å². The summed E-state index contributed by atoms with van der Waals surface area (Å²) in [6.45, 7) is 4.71. The minimum absolute atomic E-state index is 0.0139. The monoisotopic (exact) mass is 461 g/mol. The Kier molecular flexibility index (Phi) is 4.56. The molecule has 6 aromatic carbocycles. The quantitative estimate of drug-likeness (QED) is 0.237. The van der Waals surface area contributed by atoms with E-state index in [9.17, 15) is 0 Å². The lowest BCUT2D eigenvalue weighted by molar-refractivity contribution is 0.661. The average Bonchev–Trinajstić information content (AvgIpc) is 3.15. The maximum absolute atomic E-state index is 2.45. The van der Waals surface area contributed by atoms with Crippen LogP contribution in [0.1, 0.15) is 25.0 Å². The Labute approximate surface area is 212 Å². The highest BCUT2D eigenvalue weighted by atomic mass is 15.1. The number of rotatable bonds is 3. The van der Waals surface area contributed by atoms with Gasteiger partial charge in [-0.15, -0.1) is 0 Å². The molecule has 0 radical (unpaired) electrons. The molecule has 0 bridgehead atoms. The Bertz CT molecular complexity index is 1710. The fourth-order valence-corrected chi connectivity index (χ4v) is 5.98. The van der Waals surface area contributed by atoms with Crippen LogP contribution in [-0.4, -0.2) is 0 Å². The first-order chi connectivity index (χ1) is 17.6. The highest BCUT2D eigenvalue weighted by Gasteiger charge is 2.35. The molecule has 0 fully saturated rings. The van der Waals surface area contributed by atoms with E-state index in [1.165, 1.54) is 43.8 Å². The summed E-state index contributed by atoms with van der Waals surface area (Å²) in [5, 5.41) is 5.16. The average molecular weight is 462 g/mol. The molecule has 0 saturated heterocycles. The third-order valence-electron chi connectivity index (χ3n) is 7.81. The number of benzene rings is 6. The summed E-state index contributed by atoms with van der Waals surface area (Å²) < 4.78 is 0. The summed E-state index contributed by atoms with van der Waals surface area (Å²) in [4.78, 5) is 2.34. The summed E-state index contributed by atoms with van der Waals surface area (Å²) in [5.74, 6) is 0. The Morgan fingerprint density at radius 3 is 1.75 bits per heavy atom. The van der Waals surface area contributed by atoms with E-state index in [4.69, 9.17) is 0 Å². The molecule has 6 aromatic rings. The van der Waals surface area contributed by atoms with Gasteiger partial charge in [0.25, 0.3) is 0 Å². The van der Waals surface area contributed by atoms with Gasteiger partial charge in [0.1, 0.15) is 0 Å². The van der Waals surface area contributed by atoms with Gasteiger partial charge in [0, 0.05) is 22.5 Å². The summed E-state index contributed by atoms with van der Waals surface area (Å²) >= 11 is 0. The third kappa shape index (κ3) is 3.09. The van der Waals surface area contributed by atoms with Crippen molar-refractivity contribution in [2.24, 2.45) is 0 Å². The van der Waals surface area contributed by atoms with E-state index in [1.807, 2.05) is 0 Å². The molecular formula is C35H27N. The van der Waals surface area contributed by atoms with Crippen LogP contribution in [0, 0.1) is 0 Å². The first-order valence-corrected chi connectivity index (χ1v) is 12.6. The van der Waals surface area contributed by atoms with Gasteiger partial charge in [0.2, 0.25) is 0 Å². The van der Waals surface area contributed by atoms with Gasteiger partial charge >= 0.3 is 0 Å². The van der Waals surface area contributed by atoms with Crippen LogP contribution < -0.4 is 4.90 Å². The molecule has 1 nitrogen and oxygen atoms in total. The highest BCUT2D eigenvalue weighted by molar-refractivity contribution is 6.11. The Morgan fingerprint density at radius 2 is 1.03 bits per heavy atom. The van der Waals surface area contributed by atoms with Crippen molar-refractivity contribution in [3.8, 4) is 11.1 Å². The largest absolute Gasteiger partial charge is 0.310 e. The van der Waals surface area contributed by atoms with Crippen molar-refractivity contribution in [2.45, 2.75) is 19.3 Å². The van der Waals surface area contributed by atoms with Crippen LogP contribution in [0.3, 0.4) is 0 Å². The molecule has 0 N–H and O–H groups in total. The second-order valence-electron chi connectivity index (χ2n) is 10.3. The zero-order valence-corrected chi connectivity index (χ0v) is 20.6. The van der Waals surface area contributed by atoms with Gasteiger partial charge in [0.05, 0.1) is 0 Å². The normalized spacial score (nSPS) is 13.5. The molecule has 7 rings (SSSR count). The Balaban J connectivity index is 1.48. The fourth-order valence-electron chi connectivity index (χ4n) is 5.98. The molecule has 0 aliphatic heterocycles. The zero-order valence-electron chi connectivity index (χ0n) is 20.6. The number of fused-ring (bicyclic) bond motifs is 6. The van der Waals surface area contributed by atoms with Crippen molar-refractivity contribution in [3.63, 3.8) is 0 Å². The van der Waals surface area contributed by atoms with E-state index >= 15 is 0 Å². The lowest BCUT2D eigenvalue weighted by Crippen LogP contribution is -2.14. The van der Waals surface area contributed by atoms with E-state index in [1.54, 1.807) is 0 Å². The van der Waals surface area contributed by atoms with Gasteiger partial charge in [-0.1, -0.05) is 92.7 Å². The van der Waals surface area contributed by atoms with Crippen molar-refractivity contribution in [1.29, 1.82) is 0 Å². The molecule has 0 amide bonds. The van der Waals surface area contributed by atoms with Crippen LogP contribution in [0.4, 0.5) is 17.1 Å². The van der Waals surface area contributed by atoms with Gasteiger partial charge < -0.3 is 4.90 Å². The number of hydrogen-bond donors (Lipinski definition) is 0. The van der Waals surface area contributed by atoms with Crippen molar-refractivity contribution >= 4 is 38.6 Å². The summed E-state index contributed by atoms with van der Waals surface area (Å²) in [6, 6.07) is 46.4. The predicted molar refractivity (Wildman–Crippen MR) is 154 cm³/mol. The van der Waals surface area contributed by atoms with E-state index < -0.39 is 0 Å². The maximum Gasteiger partial charge on any atom is 0.0468 e. The molecule has 0 heterocycles. The van der Waals surface area contributed by atoms with Crippen LogP contribution >= 0.6 is 0 Å². The van der Waals surface area contributed by atoms with Crippen LogP contribution in [0.2, 0.25) is 0 Å². The van der Waals surface area contributed by atoms with Gasteiger partial charge in [-0.25, -0.2) is 0 Å². The summed E-state index contributed by atoms with van der Waals surface area (Å²) in [6.07, 6.45) is 0. The van der Waals surface area contributed by atoms with Crippen LogP contribution in [0.25, 0.3) is 32.7 Å². The first kappa shape index (κ1) is 21.0. The lowest BCUT2D eigenvalue weighted by atomic mass is 9.81. The van der Waals surface area contributed by atoms with E-state index in [2.05, 4.69) is 146 Å². The minimum atomic E-state index is -0.0139. The second-order valence-corrected chi connectivity index (χ2v) is 10.3. The first-order valence-electron chi connectivity index (χ1n) is 12.6. The topological polar surface area (TPSA) is 3.24 Å². The standard InChI is InChI=1S/C35H27N/c1-35(2)33-16-10-9-15-29(33)32-21-25-18-17-24-19-20-28(22-30(24)31(25)23-34(32)35)36(26-11-5-3-6-12-26)27-13-7-4-8-14-27/h3-23H,1-2H3. The number of nitrogens with zero attached hydrogens (tertiary/aromatic N) is 1. The van der Waals surface area contributed by atoms with Gasteiger partial charge in [-0.2, -0.15) is 0 Å². The molecule has 0 unspecified atom stereocenters. The molecule has 0 saturated carbocycles. The highest BCUT2D eigenvalue weighted by Crippen LogP contribution is 2.50. The zero-order chi connectivity index (χ0) is 24.3. The SMILES string of the molecule is CC1(C)c2ccccc2-c2cc3ccc4ccc(N(c5ccccc5)c5ccccc5)cc4c3cc21. The lowest BCUT2D eigenvalue weighted by Gasteiger charge is -2.26. The summed E-state index contributed by atoms with van der Waals surface area (Å²) in [7, 11) is 0. The Morgan fingerprint density at radius 1 is 0.444 bits per heavy atom. The number of hydrogen-bond acceptors (Lipinski definition) is 1. The molecule has 0 spiro atoms. The van der Waals surface area contributed by atoms with Crippen molar-refractivity contribution < 1.29 is 0 Å². The van der Waals surface area contributed by atoms with Crippen molar-refractivity contribution in [3.05, 3.63) is 139 Å². The smallest absolute Gasteiger partial charge is 0.0468 e. The minimum Gasteiger partial charge on any atom is -0.310 e. The molecule has 1 aliphatic carbocycles. The number of para-hydroxylation sites is 2.